The van der Waals surface area contributed by atoms with E-state index < -0.39 is 0 Å². The first-order valence-electron chi connectivity index (χ1n) is 6.32. The molecule has 4 heteroatoms. The SMILES string of the molecule is COC1CN(c2ccccc2[C@@H](C)N)CC1OC. The minimum Gasteiger partial charge on any atom is -0.377 e. The van der Waals surface area contributed by atoms with Crippen LogP contribution in [0.15, 0.2) is 24.3 Å². The number of nitrogens with two attached hydrogens (primary N) is 1. The highest BCUT2D eigenvalue weighted by Gasteiger charge is 2.33. The van der Waals surface area contributed by atoms with E-state index in [-0.39, 0.29) is 18.2 Å². The maximum atomic E-state index is 6.03. The van der Waals surface area contributed by atoms with Crippen molar-refractivity contribution in [3.05, 3.63) is 29.8 Å². The number of hydrogen-bond acceptors (Lipinski definition) is 4. The number of nitrogens with zero attached hydrogens (tertiary/aromatic N) is 1. The first-order valence-corrected chi connectivity index (χ1v) is 6.32. The molecular weight excluding hydrogens is 228 g/mol. The highest BCUT2D eigenvalue weighted by Crippen LogP contribution is 2.29. The second kappa shape index (κ2) is 5.69. The summed E-state index contributed by atoms with van der Waals surface area (Å²) in [6.07, 6.45) is 0.243. The van der Waals surface area contributed by atoms with Crippen molar-refractivity contribution in [1.29, 1.82) is 0 Å². The van der Waals surface area contributed by atoms with E-state index in [0.29, 0.717) is 0 Å². The van der Waals surface area contributed by atoms with Gasteiger partial charge in [0.05, 0.1) is 0 Å². The maximum Gasteiger partial charge on any atom is 0.102 e. The Hall–Kier alpha value is -1.10. The van der Waals surface area contributed by atoms with E-state index in [1.807, 2.05) is 19.1 Å². The van der Waals surface area contributed by atoms with Crippen LogP contribution in [0.5, 0.6) is 0 Å². The topological polar surface area (TPSA) is 47.7 Å². The Morgan fingerprint density at radius 3 is 2.22 bits per heavy atom. The van der Waals surface area contributed by atoms with Gasteiger partial charge in [-0.15, -0.1) is 0 Å². The molecule has 0 aliphatic carbocycles. The summed E-state index contributed by atoms with van der Waals surface area (Å²) in [5, 5.41) is 0. The number of ether oxygens (including phenoxy) is 2. The fourth-order valence-corrected chi connectivity index (χ4v) is 2.55. The maximum absolute atomic E-state index is 6.03. The van der Waals surface area contributed by atoms with Crippen molar-refractivity contribution in [2.24, 2.45) is 5.73 Å². The summed E-state index contributed by atoms with van der Waals surface area (Å²) in [7, 11) is 3.47. The standard InChI is InChI=1S/C14H22N2O2/c1-10(15)11-6-4-5-7-12(11)16-8-13(17-2)14(9-16)18-3/h4-7,10,13-14H,8-9,15H2,1-3H3/t10-,13?,14?/m1/s1. The van der Waals surface area contributed by atoms with E-state index in [1.165, 1.54) is 11.3 Å². The van der Waals surface area contributed by atoms with Crippen LogP contribution in [0, 0.1) is 0 Å². The number of hydrogen-bond donors (Lipinski definition) is 1. The average Bonchev–Trinajstić information content (AvgIpc) is 2.81. The molecule has 2 rings (SSSR count). The molecule has 0 amide bonds. The third kappa shape index (κ3) is 2.51. The zero-order valence-corrected chi connectivity index (χ0v) is 11.3. The van der Waals surface area contributed by atoms with E-state index in [4.69, 9.17) is 15.2 Å². The zero-order chi connectivity index (χ0) is 13.1. The molecule has 0 spiro atoms. The smallest absolute Gasteiger partial charge is 0.102 e. The van der Waals surface area contributed by atoms with E-state index in [0.717, 1.165) is 13.1 Å². The predicted octanol–water partition coefficient (Wildman–Crippen LogP) is 1.56. The van der Waals surface area contributed by atoms with Crippen molar-refractivity contribution in [1.82, 2.24) is 0 Å². The van der Waals surface area contributed by atoms with Gasteiger partial charge in [-0.2, -0.15) is 0 Å². The summed E-state index contributed by atoms with van der Waals surface area (Å²) in [5.74, 6) is 0. The van der Waals surface area contributed by atoms with Crippen molar-refractivity contribution in [2.45, 2.75) is 25.2 Å². The first kappa shape index (κ1) is 13.3. The van der Waals surface area contributed by atoms with Crippen LogP contribution in [0.2, 0.25) is 0 Å². The molecule has 0 bridgehead atoms. The Morgan fingerprint density at radius 2 is 1.72 bits per heavy atom. The van der Waals surface area contributed by atoms with Crippen molar-refractivity contribution in [2.75, 3.05) is 32.2 Å². The zero-order valence-electron chi connectivity index (χ0n) is 11.3. The Labute approximate surface area is 109 Å². The second-order valence-corrected chi connectivity index (χ2v) is 4.80. The van der Waals surface area contributed by atoms with Crippen LogP contribution < -0.4 is 10.6 Å². The summed E-state index contributed by atoms with van der Waals surface area (Å²) < 4.78 is 10.9. The molecule has 18 heavy (non-hydrogen) atoms. The van der Waals surface area contributed by atoms with Crippen LogP contribution in [-0.4, -0.2) is 39.5 Å². The van der Waals surface area contributed by atoms with Crippen LogP contribution in [0.4, 0.5) is 5.69 Å². The minimum atomic E-state index is 0.0313. The molecular formula is C14H22N2O2. The lowest BCUT2D eigenvalue weighted by Crippen LogP contribution is -2.27. The predicted molar refractivity (Wildman–Crippen MR) is 72.9 cm³/mol. The molecule has 1 aromatic rings. The lowest BCUT2D eigenvalue weighted by atomic mass is 10.1. The van der Waals surface area contributed by atoms with Gasteiger partial charge in [0.25, 0.3) is 0 Å². The van der Waals surface area contributed by atoms with Gasteiger partial charge in [-0.25, -0.2) is 0 Å². The number of rotatable bonds is 4. The van der Waals surface area contributed by atoms with Crippen molar-refractivity contribution in [3.63, 3.8) is 0 Å². The quantitative estimate of drug-likeness (QED) is 0.881. The molecule has 1 heterocycles. The Balaban J connectivity index is 2.23. The molecule has 0 radical (unpaired) electrons. The van der Waals surface area contributed by atoms with E-state index in [9.17, 15) is 0 Å². The van der Waals surface area contributed by atoms with Crippen molar-refractivity contribution >= 4 is 5.69 Å². The third-order valence-electron chi connectivity index (χ3n) is 3.59. The van der Waals surface area contributed by atoms with E-state index >= 15 is 0 Å². The summed E-state index contributed by atoms with van der Waals surface area (Å²) in [6, 6.07) is 8.30. The third-order valence-corrected chi connectivity index (χ3v) is 3.59. The summed E-state index contributed by atoms with van der Waals surface area (Å²) in [4.78, 5) is 2.29. The molecule has 4 nitrogen and oxygen atoms in total. The van der Waals surface area contributed by atoms with Gasteiger partial charge in [0.15, 0.2) is 0 Å². The fraction of sp³-hybridized carbons (Fsp3) is 0.571. The molecule has 100 valence electrons. The number of para-hydroxylation sites is 1. The van der Waals surface area contributed by atoms with Gasteiger partial charge < -0.3 is 20.1 Å². The first-order chi connectivity index (χ1) is 8.67. The molecule has 1 fully saturated rings. The molecule has 0 saturated carbocycles. The second-order valence-electron chi connectivity index (χ2n) is 4.80. The van der Waals surface area contributed by atoms with Gasteiger partial charge in [-0.1, -0.05) is 18.2 Å². The van der Waals surface area contributed by atoms with Crippen LogP contribution in [0.25, 0.3) is 0 Å². The minimum absolute atomic E-state index is 0.0313. The summed E-state index contributed by atoms with van der Waals surface area (Å²) >= 11 is 0. The average molecular weight is 250 g/mol. The molecule has 1 aliphatic rings. The van der Waals surface area contributed by atoms with Gasteiger partial charge in [0.2, 0.25) is 0 Å². The normalized spacial score (nSPS) is 25.4. The van der Waals surface area contributed by atoms with Gasteiger partial charge in [-0.3, -0.25) is 0 Å². The molecule has 1 aliphatic heterocycles. The molecule has 1 saturated heterocycles. The van der Waals surface area contributed by atoms with E-state index in [2.05, 4.69) is 17.0 Å². The Kier molecular flexibility index (Phi) is 4.22. The van der Waals surface area contributed by atoms with Crippen LogP contribution in [0.1, 0.15) is 18.5 Å². The highest BCUT2D eigenvalue weighted by molar-refractivity contribution is 5.56. The van der Waals surface area contributed by atoms with Crippen molar-refractivity contribution in [3.8, 4) is 0 Å². The number of methoxy groups -OCH3 is 2. The van der Waals surface area contributed by atoms with Crippen LogP contribution in [-0.2, 0) is 9.47 Å². The molecule has 3 atom stereocenters. The number of benzene rings is 1. The van der Waals surface area contributed by atoms with E-state index in [1.54, 1.807) is 14.2 Å². The molecule has 2 N–H and O–H groups in total. The van der Waals surface area contributed by atoms with Crippen LogP contribution >= 0.6 is 0 Å². The highest BCUT2D eigenvalue weighted by atomic mass is 16.5. The van der Waals surface area contributed by atoms with Gasteiger partial charge in [-0.05, 0) is 18.6 Å². The monoisotopic (exact) mass is 250 g/mol. The van der Waals surface area contributed by atoms with Crippen molar-refractivity contribution < 1.29 is 9.47 Å². The summed E-state index contributed by atoms with van der Waals surface area (Å²) in [5.41, 5.74) is 8.39. The largest absolute Gasteiger partial charge is 0.377 e. The van der Waals surface area contributed by atoms with Gasteiger partial charge in [0.1, 0.15) is 12.2 Å². The molecule has 2 unspecified atom stereocenters. The Bertz CT molecular complexity index is 383. The lowest BCUT2D eigenvalue weighted by Gasteiger charge is -2.23. The lowest BCUT2D eigenvalue weighted by molar-refractivity contribution is -0.00461. The Morgan fingerprint density at radius 1 is 1.17 bits per heavy atom. The number of anilines is 1. The fourth-order valence-electron chi connectivity index (χ4n) is 2.55. The molecule has 0 aromatic heterocycles. The van der Waals surface area contributed by atoms with Gasteiger partial charge in [0, 0.05) is 39.0 Å². The summed E-state index contributed by atoms with van der Waals surface area (Å²) in [6.45, 7) is 3.70. The molecule has 1 aromatic carbocycles. The van der Waals surface area contributed by atoms with Crippen LogP contribution in [0.3, 0.4) is 0 Å². The van der Waals surface area contributed by atoms with Gasteiger partial charge >= 0.3 is 0 Å².